The Morgan fingerprint density at radius 2 is 2.38 bits per heavy atom. The summed E-state index contributed by atoms with van der Waals surface area (Å²) < 4.78 is 13.4. The Bertz CT molecular complexity index is 376. The third-order valence-corrected chi connectivity index (χ3v) is 3.32. The summed E-state index contributed by atoms with van der Waals surface area (Å²) in [5, 5.41) is 7.28. The van der Waals surface area contributed by atoms with Crippen LogP contribution < -0.4 is 10.6 Å². The zero-order valence-electron chi connectivity index (χ0n) is 9.32. The van der Waals surface area contributed by atoms with Crippen LogP contribution in [0.4, 0.5) is 4.39 Å². The lowest BCUT2D eigenvalue weighted by atomic mass is 10.1. The number of benzene rings is 1. The molecule has 88 valence electrons. The number of nitrogens with one attached hydrogen (secondary N) is 2. The van der Waals surface area contributed by atoms with Crippen molar-refractivity contribution in [2.24, 2.45) is 0 Å². The molecule has 2 nitrogen and oxygen atoms in total. The molecule has 0 amide bonds. The van der Waals surface area contributed by atoms with Crippen LogP contribution in [0.3, 0.4) is 0 Å². The molecule has 1 fully saturated rings. The third-order valence-electron chi connectivity index (χ3n) is 2.97. The predicted octanol–water partition coefficient (Wildman–Crippen LogP) is 2.24. The predicted molar refractivity (Wildman–Crippen MR) is 64.3 cm³/mol. The lowest BCUT2D eigenvalue weighted by Gasteiger charge is -2.12. The lowest BCUT2D eigenvalue weighted by molar-refractivity contribution is 0.544. The first-order chi connectivity index (χ1) is 7.66. The topological polar surface area (TPSA) is 24.1 Å². The van der Waals surface area contributed by atoms with Crippen molar-refractivity contribution in [2.45, 2.75) is 25.9 Å². The minimum absolute atomic E-state index is 0.189. The molecule has 2 rings (SSSR count). The van der Waals surface area contributed by atoms with Crippen LogP contribution in [-0.4, -0.2) is 19.1 Å². The number of hydrogen-bond acceptors (Lipinski definition) is 2. The van der Waals surface area contributed by atoms with E-state index >= 15 is 0 Å². The molecule has 1 aromatic rings. The van der Waals surface area contributed by atoms with Crippen LogP contribution in [0, 0.1) is 12.7 Å². The minimum atomic E-state index is -0.189. The molecule has 1 heterocycles. The Kier molecular flexibility index (Phi) is 3.79. The van der Waals surface area contributed by atoms with Crippen LogP contribution in [0.15, 0.2) is 12.1 Å². The first-order valence-electron chi connectivity index (χ1n) is 5.55. The van der Waals surface area contributed by atoms with Gasteiger partial charge in [-0.1, -0.05) is 11.6 Å². The van der Waals surface area contributed by atoms with Gasteiger partial charge in [0.15, 0.2) is 0 Å². The van der Waals surface area contributed by atoms with Gasteiger partial charge in [-0.2, -0.15) is 0 Å². The first-order valence-corrected chi connectivity index (χ1v) is 5.93. The molecule has 1 aliphatic rings. The second-order valence-corrected chi connectivity index (χ2v) is 4.67. The summed E-state index contributed by atoms with van der Waals surface area (Å²) in [6.07, 6.45) is 1.12. The van der Waals surface area contributed by atoms with E-state index in [2.05, 4.69) is 10.6 Å². The summed E-state index contributed by atoms with van der Waals surface area (Å²) in [6, 6.07) is 3.67. The van der Waals surface area contributed by atoms with Crippen molar-refractivity contribution in [1.29, 1.82) is 0 Å². The maximum absolute atomic E-state index is 13.4. The molecule has 0 saturated carbocycles. The van der Waals surface area contributed by atoms with Gasteiger partial charge in [0, 0.05) is 24.2 Å². The molecular formula is C12H16ClFN2. The maximum Gasteiger partial charge on any atom is 0.126 e. The summed E-state index contributed by atoms with van der Waals surface area (Å²) in [5.74, 6) is -0.189. The highest BCUT2D eigenvalue weighted by molar-refractivity contribution is 6.31. The minimum Gasteiger partial charge on any atom is -0.315 e. The van der Waals surface area contributed by atoms with Gasteiger partial charge in [-0.15, -0.1) is 0 Å². The molecular weight excluding hydrogens is 227 g/mol. The van der Waals surface area contributed by atoms with Crippen LogP contribution in [0.5, 0.6) is 0 Å². The van der Waals surface area contributed by atoms with Crippen molar-refractivity contribution in [1.82, 2.24) is 10.6 Å². The van der Waals surface area contributed by atoms with E-state index in [4.69, 9.17) is 11.6 Å². The standard InChI is InChI=1S/C12H16ClFN2/c1-8-4-11(13)9(5-12(8)14)6-16-10-2-3-15-7-10/h4-5,10,15-16H,2-3,6-7H2,1H3. The third kappa shape index (κ3) is 2.73. The van der Waals surface area contributed by atoms with Crippen LogP contribution in [0.1, 0.15) is 17.5 Å². The van der Waals surface area contributed by atoms with E-state index in [0.717, 1.165) is 25.1 Å². The second-order valence-electron chi connectivity index (χ2n) is 4.26. The Labute approximate surface area is 100 Å². The lowest BCUT2D eigenvalue weighted by Crippen LogP contribution is -2.30. The molecule has 0 aromatic heterocycles. The van der Waals surface area contributed by atoms with Gasteiger partial charge >= 0.3 is 0 Å². The Balaban J connectivity index is 2.00. The van der Waals surface area contributed by atoms with Crippen LogP contribution in [-0.2, 0) is 6.54 Å². The van der Waals surface area contributed by atoms with Crippen molar-refractivity contribution in [2.75, 3.05) is 13.1 Å². The molecule has 1 aromatic carbocycles. The van der Waals surface area contributed by atoms with E-state index in [1.165, 1.54) is 6.07 Å². The molecule has 16 heavy (non-hydrogen) atoms. The summed E-state index contributed by atoms with van der Waals surface area (Å²) in [6.45, 7) is 4.38. The Hall–Kier alpha value is -0.640. The Morgan fingerprint density at radius 1 is 1.56 bits per heavy atom. The van der Waals surface area contributed by atoms with Gasteiger partial charge in [-0.3, -0.25) is 0 Å². The Morgan fingerprint density at radius 3 is 3.06 bits per heavy atom. The average Bonchev–Trinajstić information content (AvgIpc) is 2.74. The molecule has 0 radical (unpaired) electrons. The van der Waals surface area contributed by atoms with Gasteiger partial charge in [0.25, 0.3) is 0 Å². The van der Waals surface area contributed by atoms with E-state index in [-0.39, 0.29) is 5.82 Å². The number of aryl methyl sites for hydroxylation is 1. The average molecular weight is 243 g/mol. The van der Waals surface area contributed by atoms with E-state index < -0.39 is 0 Å². The monoisotopic (exact) mass is 242 g/mol. The van der Waals surface area contributed by atoms with Crippen LogP contribution in [0.2, 0.25) is 5.02 Å². The zero-order valence-corrected chi connectivity index (χ0v) is 10.1. The van der Waals surface area contributed by atoms with Gasteiger partial charge in [0.2, 0.25) is 0 Å². The molecule has 0 bridgehead atoms. The molecule has 1 atom stereocenters. The summed E-state index contributed by atoms with van der Waals surface area (Å²) in [5.41, 5.74) is 1.42. The van der Waals surface area contributed by atoms with E-state index in [1.54, 1.807) is 13.0 Å². The molecule has 4 heteroatoms. The quantitative estimate of drug-likeness (QED) is 0.850. The van der Waals surface area contributed by atoms with Crippen LogP contribution >= 0.6 is 11.6 Å². The van der Waals surface area contributed by atoms with Gasteiger partial charge in [-0.25, -0.2) is 4.39 Å². The fraction of sp³-hybridized carbons (Fsp3) is 0.500. The highest BCUT2D eigenvalue weighted by atomic mass is 35.5. The fourth-order valence-electron chi connectivity index (χ4n) is 1.91. The molecule has 2 N–H and O–H groups in total. The zero-order chi connectivity index (χ0) is 11.5. The normalized spacial score (nSPS) is 20.3. The molecule has 0 spiro atoms. The summed E-state index contributed by atoms with van der Waals surface area (Å²) in [7, 11) is 0. The fourth-order valence-corrected chi connectivity index (χ4v) is 2.19. The molecule has 1 aliphatic heterocycles. The van der Waals surface area contributed by atoms with Gasteiger partial charge in [-0.05, 0) is 43.1 Å². The van der Waals surface area contributed by atoms with Crippen molar-refractivity contribution >= 4 is 11.6 Å². The summed E-state index contributed by atoms with van der Waals surface area (Å²) >= 11 is 6.06. The molecule has 0 aliphatic carbocycles. The number of halogens is 2. The second kappa shape index (κ2) is 5.13. The molecule has 1 saturated heterocycles. The van der Waals surface area contributed by atoms with Crippen molar-refractivity contribution < 1.29 is 4.39 Å². The number of rotatable bonds is 3. The first kappa shape index (κ1) is 11.8. The molecule has 1 unspecified atom stereocenters. The van der Waals surface area contributed by atoms with Crippen molar-refractivity contribution in [3.8, 4) is 0 Å². The maximum atomic E-state index is 13.4. The van der Waals surface area contributed by atoms with E-state index in [9.17, 15) is 4.39 Å². The van der Waals surface area contributed by atoms with E-state index in [1.807, 2.05) is 0 Å². The summed E-state index contributed by atoms with van der Waals surface area (Å²) in [4.78, 5) is 0. The SMILES string of the molecule is Cc1cc(Cl)c(CNC2CCNC2)cc1F. The van der Waals surface area contributed by atoms with Gasteiger partial charge < -0.3 is 10.6 Å². The largest absolute Gasteiger partial charge is 0.315 e. The van der Waals surface area contributed by atoms with Crippen LogP contribution in [0.25, 0.3) is 0 Å². The van der Waals surface area contributed by atoms with Gasteiger partial charge in [0.1, 0.15) is 5.82 Å². The number of hydrogen-bond donors (Lipinski definition) is 2. The van der Waals surface area contributed by atoms with Crippen molar-refractivity contribution in [3.05, 3.63) is 34.1 Å². The van der Waals surface area contributed by atoms with Gasteiger partial charge in [0.05, 0.1) is 0 Å². The smallest absolute Gasteiger partial charge is 0.126 e. The highest BCUT2D eigenvalue weighted by Crippen LogP contribution is 2.20. The van der Waals surface area contributed by atoms with Crippen molar-refractivity contribution in [3.63, 3.8) is 0 Å². The highest BCUT2D eigenvalue weighted by Gasteiger charge is 2.14. The van der Waals surface area contributed by atoms with E-state index in [0.29, 0.717) is 23.2 Å².